The molecule has 0 radical (unpaired) electrons. The van der Waals surface area contributed by atoms with E-state index in [0.717, 1.165) is 38.5 Å². The van der Waals surface area contributed by atoms with Crippen molar-refractivity contribution in [2.75, 3.05) is 6.61 Å². The molecule has 372 valence electrons. The average Bonchev–Trinajstić information content (AvgIpc) is 3.29. The molecule has 0 aromatic rings. The van der Waals surface area contributed by atoms with Gasteiger partial charge < -0.3 is 20.6 Å². The highest BCUT2D eigenvalue weighted by Crippen LogP contribution is 2.17. The Morgan fingerprint density at radius 1 is 0.381 bits per heavy atom. The molecule has 0 aliphatic heterocycles. The summed E-state index contributed by atoms with van der Waals surface area (Å²) in [5.41, 5.74) is 0. The van der Waals surface area contributed by atoms with E-state index in [4.69, 9.17) is 0 Å². The van der Waals surface area contributed by atoms with Crippen LogP contribution in [0.2, 0.25) is 0 Å². The molecule has 0 aliphatic carbocycles. The zero-order valence-corrected chi connectivity index (χ0v) is 42.5. The molecule has 3 unspecified atom stereocenters. The van der Waals surface area contributed by atoms with Crippen molar-refractivity contribution in [1.29, 1.82) is 0 Å². The van der Waals surface area contributed by atoms with Gasteiger partial charge in [-0.2, -0.15) is 0 Å². The van der Waals surface area contributed by atoms with Crippen LogP contribution in [0.3, 0.4) is 0 Å². The highest BCUT2D eigenvalue weighted by molar-refractivity contribution is 5.80. The lowest BCUT2D eigenvalue weighted by Crippen LogP contribution is -2.48. The SMILES string of the molecule is CCCCCCCCCCCCCC/C=C\CCCCCCCCCCCCCCC(O)C(=O)NC(CO)C(O)/C=C/CC/C=C/CCCCCCCCCCCCCCCCC. The van der Waals surface area contributed by atoms with Gasteiger partial charge in [0.2, 0.25) is 5.91 Å². The van der Waals surface area contributed by atoms with E-state index in [-0.39, 0.29) is 6.61 Å². The summed E-state index contributed by atoms with van der Waals surface area (Å²) in [6, 6.07) is -0.815. The topological polar surface area (TPSA) is 89.8 Å². The third kappa shape index (κ3) is 48.3. The van der Waals surface area contributed by atoms with Crippen molar-refractivity contribution in [3.05, 3.63) is 36.5 Å². The second-order valence-corrected chi connectivity index (χ2v) is 19.5. The number of amides is 1. The fourth-order valence-corrected chi connectivity index (χ4v) is 8.79. The lowest BCUT2D eigenvalue weighted by molar-refractivity contribution is -0.131. The number of hydrogen-bond acceptors (Lipinski definition) is 4. The number of carbonyl (C=O) groups is 1. The summed E-state index contributed by atoms with van der Waals surface area (Å²) >= 11 is 0. The molecule has 3 atom stereocenters. The monoisotopic (exact) mass is 886 g/mol. The van der Waals surface area contributed by atoms with Crippen molar-refractivity contribution in [2.45, 2.75) is 321 Å². The van der Waals surface area contributed by atoms with Gasteiger partial charge in [-0.1, -0.05) is 281 Å². The highest BCUT2D eigenvalue weighted by atomic mass is 16.3. The molecule has 63 heavy (non-hydrogen) atoms. The molecule has 0 rings (SSSR count). The summed E-state index contributed by atoms with van der Waals surface area (Å²) in [6.45, 7) is 4.20. The maximum Gasteiger partial charge on any atom is 0.249 e. The van der Waals surface area contributed by atoms with E-state index < -0.39 is 24.2 Å². The smallest absolute Gasteiger partial charge is 0.249 e. The quantitative estimate of drug-likeness (QED) is 0.0362. The summed E-state index contributed by atoms with van der Waals surface area (Å²) in [4.78, 5) is 12.5. The van der Waals surface area contributed by atoms with Crippen molar-refractivity contribution >= 4 is 5.91 Å². The number of allylic oxidation sites excluding steroid dienone is 5. The Morgan fingerprint density at radius 3 is 0.968 bits per heavy atom. The Kier molecular flexibility index (Phi) is 52.0. The van der Waals surface area contributed by atoms with Gasteiger partial charge in [-0.15, -0.1) is 0 Å². The molecular weight excluding hydrogens is 775 g/mol. The number of unbranched alkanes of at least 4 members (excludes halogenated alkanes) is 40. The Bertz CT molecular complexity index is 978. The number of aliphatic hydroxyl groups excluding tert-OH is 3. The third-order valence-corrected chi connectivity index (χ3v) is 13.2. The van der Waals surface area contributed by atoms with Gasteiger partial charge in [0.1, 0.15) is 6.10 Å². The second kappa shape index (κ2) is 53.2. The van der Waals surface area contributed by atoms with Gasteiger partial charge in [0.25, 0.3) is 0 Å². The highest BCUT2D eigenvalue weighted by Gasteiger charge is 2.22. The van der Waals surface area contributed by atoms with Gasteiger partial charge in [-0.05, 0) is 57.8 Å². The molecule has 0 aromatic heterocycles. The summed E-state index contributed by atoms with van der Waals surface area (Å²) in [5.74, 6) is -0.510. The minimum atomic E-state index is -1.11. The predicted molar refractivity (Wildman–Crippen MR) is 278 cm³/mol. The predicted octanol–water partition coefficient (Wildman–Crippen LogP) is 17.4. The molecule has 0 saturated heterocycles. The Morgan fingerprint density at radius 2 is 0.651 bits per heavy atom. The molecule has 0 heterocycles. The summed E-state index contributed by atoms with van der Waals surface area (Å²) in [7, 11) is 0. The molecule has 5 nitrogen and oxygen atoms in total. The van der Waals surface area contributed by atoms with Crippen molar-refractivity contribution in [2.24, 2.45) is 0 Å². The standard InChI is InChI=1S/C58H111NO4/c1-3-5-7-9-11-13-15-17-19-21-23-25-26-27-28-29-30-31-33-35-37-39-41-43-45-47-49-51-53-57(62)58(63)59-55(54-60)56(61)52-50-48-46-44-42-40-38-36-34-32-24-22-20-18-16-14-12-10-8-6-4-2/h27-28,42,44,50,52,55-57,60-62H,3-26,29-41,43,45-49,51,53-54H2,1-2H3,(H,59,63)/b28-27-,44-42+,52-50+. The van der Waals surface area contributed by atoms with Gasteiger partial charge in [0, 0.05) is 0 Å². The lowest BCUT2D eigenvalue weighted by Gasteiger charge is -2.21. The lowest BCUT2D eigenvalue weighted by atomic mass is 10.0. The minimum Gasteiger partial charge on any atom is -0.394 e. The van der Waals surface area contributed by atoms with Crippen molar-refractivity contribution in [3.63, 3.8) is 0 Å². The normalized spacial score (nSPS) is 13.5. The number of rotatable bonds is 52. The fraction of sp³-hybridized carbons (Fsp3) is 0.879. The first-order chi connectivity index (χ1) is 31.1. The number of hydrogen-bond donors (Lipinski definition) is 4. The third-order valence-electron chi connectivity index (χ3n) is 13.2. The van der Waals surface area contributed by atoms with Gasteiger partial charge in [0.05, 0.1) is 18.8 Å². The zero-order chi connectivity index (χ0) is 45.8. The summed E-state index contributed by atoms with van der Waals surface area (Å²) < 4.78 is 0. The van der Waals surface area contributed by atoms with Crippen LogP contribution in [0.4, 0.5) is 0 Å². The van der Waals surface area contributed by atoms with Gasteiger partial charge in [0.15, 0.2) is 0 Å². The van der Waals surface area contributed by atoms with Crippen LogP contribution in [0.15, 0.2) is 36.5 Å². The van der Waals surface area contributed by atoms with Crippen LogP contribution in [0.5, 0.6) is 0 Å². The molecule has 0 spiro atoms. The summed E-state index contributed by atoms with van der Waals surface area (Å²) in [6.07, 6.45) is 69.4. The van der Waals surface area contributed by atoms with Gasteiger partial charge in [-0.3, -0.25) is 4.79 Å². The van der Waals surface area contributed by atoms with E-state index in [1.54, 1.807) is 6.08 Å². The van der Waals surface area contributed by atoms with E-state index in [2.05, 4.69) is 43.5 Å². The molecule has 0 aliphatic rings. The first-order valence-corrected chi connectivity index (χ1v) is 28.3. The van der Waals surface area contributed by atoms with Gasteiger partial charge >= 0.3 is 0 Å². The molecule has 1 amide bonds. The van der Waals surface area contributed by atoms with E-state index in [0.29, 0.717) is 6.42 Å². The van der Waals surface area contributed by atoms with Crippen LogP contribution >= 0.6 is 0 Å². The van der Waals surface area contributed by atoms with E-state index in [9.17, 15) is 20.1 Å². The molecule has 0 fully saturated rings. The molecule has 0 bridgehead atoms. The van der Waals surface area contributed by atoms with E-state index >= 15 is 0 Å². The Hall–Kier alpha value is -1.43. The minimum absolute atomic E-state index is 0.375. The van der Waals surface area contributed by atoms with Crippen LogP contribution in [0.25, 0.3) is 0 Å². The molecule has 5 heteroatoms. The number of aliphatic hydroxyl groups is 3. The average molecular weight is 887 g/mol. The molecule has 0 saturated carbocycles. The number of nitrogens with one attached hydrogen (secondary N) is 1. The largest absolute Gasteiger partial charge is 0.394 e. The van der Waals surface area contributed by atoms with Crippen molar-refractivity contribution in [3.8, 4) is 0 Å². The Balaban J connectivity index is 3.59. The number of carbonyl (C=O) groups excluding carboxylic acids is 1. The second-order valence-electron chi connectivity index (χ2n) is 19.5. The zero-order valence-electron chi connectivity index (χ0n) is 42.5. The molecule has 4 N–H and O–H groups in total. The first kappa shape index (κ1) is 61.6. The molecule has 0 aromatic carbocycles. The van der Waals surface area contributed by atoms with Crippen molar-refractivity contribution < 1.29 is 20.1 Å². The van der Waals surface area contributed by atoms with Crippen LogP contribution in [0, 0.1) is 0 Å². The van der Waals surface area contributed by atoms with Gasteiger partial charge in [-0.25, -0.2) is 0 Å². The van der Waals surface area contributed by atoms with E-state index in [1.165, 1.54) is 244 Å². The van der Waals surface area contributed by atoms with Crippen molar-refractivity contribution in [1.82, 2.24) is 5.32 Å². The Labute approximate surface area is 394 Å². The van der Waals surface area contributed by atoms with Crippen LogP contribution < -0.4 is 5.32 Å². The fourth-order valence-electron chi connectivity index (χ4n) is 8.79. The first-order valence-electron chi connectivity index (χ1n) is 28.3. The molecular formula is C58H111NO4. The summed E-state index contributed by atoms with van der Waals surface area (Å²) in [5, 5.41) is 33.3. The van der Waals surface area contributed by atoms with E-state index in [1.807, 2.05) is 6.08 Å². The maximum absolute atomic E-state index is 12.5. The van der Waals surface area contributed by atoms with Crippen LogP contribution in [-0.4, -0.2) is 46.1 Å². The maximum atomic E-state index is 12.5. The van der Waals surface area contributed by atoms with Crippen LogP contribution in [-0.2, 0) is 4.79 Å². The van der Waals surface area contributed by atoms with Crippen LogP contribution in [0.1, 0.15) is 303 Å².